The fourth-order valence-electron chi connectivity index (χ4n) is 3.08. The van der Waals surface area contributed by atoms with E-state index >= 15 is 0 Å². The minimum absolute atomic E-state index is 0.207. The molecule has 0 fully saturated rings. The Bertz CT molecular complexity index is 468. The van der Waals surface area contributed by atoms with Crippen molar-refractivity contribution >= 4 is 5.97 Å². The summed E-state index contributed by atoms with van der Waals surface area (Å²) in [4.78, 5) is 12.9. The quantitative estimate of drug-likeness (QED) is 0.904. The van der Waals surface area contributed by atoms with Crippen molar-refractivity contribution in [2.24, 2.45) is 0 Å². The number of fused-ring (bicyclic) bond motifs is 1. The second kappa shape index (κ2) is 5.33. The molecule has 0 radical (unpaired) electrons. The van der Waals surface area contributed by atoms with Gasteiger partial charge in [-0.25, -0.2) is 0 Å². The van der Waals surface area contributed by atoms with Gasteiger partial charge in [0.1, 0.15) is 0 Å². The van der Waals surface area contributed by atoms with E-state index in [0.717, 1.165) is 12.8 Å². The molecule has 0 saturated carbocycles. The maximum absolute atomic E-state index is 10.7. The molecule has 19 heavy (non-hydrogen) atoms. The van der Waals surface area contributed by atoms with Crippen molar-refractivity contribution in [2.75, 3.05) is 13.6 Å². The summed E-state index contributed by atoms with van der Waals surface area (Å²) < 4.78 is 0. The van der Waals surface area contributed by atoms with Gasteiger partial charge in [-0.3, -0.25) is 9.69 Å². The third kappa shape index (κ3) is 2.98. The number of hydrogen-bond acceptors (Lipinski definition) is 2. The molecular formula is C16H23NO2. The fourth-order valence-corrected chi connectivity index (χ4v) is 3.08. The first kappa shape index (κ1) is 14.1. The molecule has 1 aromatic rings. The fraction of sp³-hybridized carbons (Fsp3) is 0.562. The van der Waals surface area contributed by atoms with Crippen LogP contribution in [0.15, 0.2) is 24.3 Å². The van der Waals surface area contributed by atoms with Crippen LogP contribution in [0, 0.1) is 0 Å². The molecule has 104 valence electrons. The summed E-state index contributed by atoms with van der Waals surface area (Å²) in [7, 11) is 2.03. The van der Waals surface area contributed by atoms with Crippen LogP contribution >= 0.6 is 0 Å². The van der Waals surface area contributed by atoms with Crippen molar-refractivity contribution < 1.29 is 9.90 Å². The smallest absolute Gasteiger partial charge is 0.304 e. The van der Waals surface area contributed by atoms with Crippen LogP contribution in [0.25, 0.3) is 0 Å². The molecule has 1 aromatic carbocycles. The van der Waals surface area contributed by atoms with Crippen LogP contribution in [0.4, 0.5) is 0 Å². The number of aliphatic carboxylic acids is 1. The largest absolute Gasteiger partial charge is 0.481 e. The Kier molecular flexibility index (Phi) is 3.95. The second-order valence-corrected chi connectivity index (χ2v) is 6.15. The second-order valence-electron chi connectivity index (χ2n) is 6.15. The molecule has 2 rings (SSSR count). The summed E-state index contributed by atoms with van der Waals surface area (Å²) in [6.07, 6.45) is 2.45. The van der Waals surface area contributed by atoms with Crippen LogP contribution in [0.2, 0.25) is 0 Å². The monoisotopic (exact) mass is 261 g/mol. The first-order chi connectivity index (χ1) is 8.92. The van der Waals surface area contributed by atoms with Gasteiger partial charge >= 0.3 is 5.97 Å². The minimum Gasteiger partial charge on any atom is -0.481 e. The van der Waals surface area contributed by atoms with Crippen LogP contribution < -0.4 is 0 Å². The molecule has 1 N–H and O–H groups in total. The Morgan fingerprint density at radius 3 is 2.79 bits per heavy atom. The predicted octanol–water partition coefficient (Wildman–Crippen LogP) is 3.21. The Hall–Kier alpha value is -1.35. The van der Waals surface area contributed by atoms with E-state index < -0.39 is 5.97 Å². The number of carbonyl (C=O) groups is 1. The molecule has 1 aliphatic carbocycles. The Morgan fingerprint density at radius 1 is 1.42 bits per heavy atom. The van der Waals surface area contributed by atoms with Crippen molar-refractivity contribution in [1.29, 1.82) is 0 Å². The van der Waals surface area contributed by atoms with E-state index in [1.165, 1.54) is 11.1 Å². The summed E-state index contributed by atoms with van der Waals surface area (Å²) in [5, 5.41) is 8.81. The summed E-state index contributed by atoms with van der Waals surface area (Å²) in [5.41, 5.74) is 3.00. The molecule has 0 spiro atoms. The molecule has 3 nitrogen and oxygen atoms in total. The topological polar surface area (TPSA) is 40.5 Å². The zero-order chi connectivity index (χ0) is 14.0. The third-order valence-electron chi connectivity index (χ3n) is 4.30. The molecule has 0 aromatic heterocycles. The van der Waals surface area contributed by atoms with Gasteiger partial charge in [-0.2, -0.15) is 0 Å². The number of nitrogens with zero attached hydrogens (tertiary/aromatic N) is 1. The van der Waals surface area contributed by atoms with Crippen LogP contribution in [0.3, 0.4) is 0 Å². The van der Waals surface area contributed by atoms with E-state index in [1.807, 2.05) is 7.05 Å². The number of benzene rings is 1. The molecule has 1 aliphatic rings. The highest BCUT2D eigenvalue weighted by molar-refractivity contribution is 5.66. The lowest BCUT2D eigenvalue weighted by Crippen LogP contribution is -2.34. The molecule has 3 heteroatoms. The summed E-state index contributed by atoms with van der Waals surface area (Å²) in [6.45, 7) is 5.19. The van der Waals surface area contributed by atoms with Gasteiger partial charge in [0.05, 0.1) is 6.42 Å². The summed E-state index contributed by atoms with van der Waals surface area (Å²) in [6, 6.07) is 8.94. The summed E-state index contributed by atoms with van der Waals surface area (Å²) >= 11 is 0. The highest BCUT2D eigenvalue weighted by Crippen LogP contribution is 2.43. The van der Waals surface area contributed by atoms with Gasteiger partial charge in [0.25, 0.3) is 0 Å². The predicted molar refractivity (Wildman–Crippen MR) is 76.3 cm³/mol. The lowest BCUT2D eigenvalue weighted by Gasteiger charge is -2.40. The summed E-state index contributed by atoms with van der Waals surface area (Å²) in [5.74, 6) is -0.726. The van der Waals surface area contributed by atoms with E-state index in [4.69, 9.17) is 5.11 Å². The molecule has 1 atom stereocenters. The van der Waals surface area contributed by atoms with Crippen molar-refractivity contribution in [1.82, 2.24) is 4.90 Å². The number of rotatable bonds is 4. The van der Waals surface area contributed by atoms with Crippen LogP contribution in [0.5, 0.6) is 0 Å². The Labute approximate surface area is 115 Å². The lowest BCUT2D eigenvalue weighted by molar-refractivity contribution is -0.137. The van der Waals surface area contributed by atoms with Crippen LogP contribution in [0.1, 0.15) is 50.3 Å². The van der Waals surface area contributed by atoms with E-state index in [1.54, 1.807) is 0 Å². The Morgan fingerprint density at radius 2 is 2.11 bits per heavy atom. The minimum atomic E-state index is -0.726. The highest BCUT2D eigenvalue weighted by Gasteiger charge is 2.33. The van der Waals surface area contributed by atoms with Crippen LogP contribution in [-0.2, 0) is 10.2 Å². The van der Waals surface area contributed by atoms with Gasteiger partial charge in [0.15, 0.2) is 0 Å². The van der Waals surface area contributed by atoms with Gasteiger partial charge in [0.2, 0.25) is 0 Å². The zero-order valence-electron chi connectivity index (χ0n) is 12.0. The average molecular weight is 261 g/mol. The van der Waals surface area contributed by atoms with Gasteiger partial charge < -0.3 is 5.11 Å². The maximum atomic E-state index is 10.7. The van der Waals surface area contributed by atoms with Crippen molar-refractivity contribution in [2.45, 2.75) is 44.6 Å². The standard InChI is InChI=1S/C16H23NO2/c1-16(2)10-8-14(17(3)11-9-15(18)19)12-6-4-5-7-13(12)16/h4-7,14H,8-11H2,1-3H3,(H,18,19). The third-order valence-corrected chi connectivity index (χ3v) is 4.30. The number of carboxylic acid groups (broad SMARTS) is 1. The molecule has 0 aliphatic heterocycles. The SMILES string of the molecule is CN(CCC(=O)O)C1CCC(C)(C)c2ccccc21. The van der Waals surface area contributed by atoms with Gasteiger partial charge in [-0.05, 0) is 36.4 Å². The first-order valence-electron chi connectivity index (χ1n) is 6.93. The van der Waals surface area contributed by atoms with Gasteiger partial charge in [-0.15, -0.1) is 0 Å². The molecular weight excluding hydrogens is 238 g/mol. The highest BCUT2D eigenvalue weighted by atomic mass is 16.4. The van der Waals surface area contributed by atoms with E-state index in [2.05, 4.69) is 43.0 Å². The first-order valence-corrected chi connectivity index (χ1v) is 6.93. The van der Waals surface area contributed by atoms with Gasteiger partial charge in [-0.1, -0.05) is 38.1 Å². The van der Waals surface area contributed by atoms with Crippen molar-refractivity contribution in [3.63, 3.8) is 0 Å². The lowest BCUT2D eigenvalue weighted by atomic mass is 9.71. The normalized spacial score (nSPS) is 21.2. The molecule has 0 heterocycles. The van der Waals surface area contributed by atoms with E-state index in [-0.39, 0.29) is 11.8 Å². The van der Waals surface area contributed by atoms with Crippen molar-refractivity contribution in [3.05, 3.63) is 35.4 Å². The van der Waals surface area contributed by atoms with E-state index in [0.29, 0.717) is 12.6 Å². The van der Waals surface area contributed by atoms with Gasteiger partial charge in [0, 0.05) is 12.6 Å². The number of hydrogen-bond donors (Lipinski definition) is 1. The number of carboxylic acids is 1. The van der Waals surface area contributed by atoms with E-state index in [9.17, 15) is 4.79 Å². The van der Waals surface area contributed by atoms with Crippen molar-refractivity contribution in [3.8, 4) is 0 Å². The Balaban J connectivity index is 2.22. The molecule has 1 unspecified atom stereocenters. The average Bonchev–Trinajstić information content (AvgIpc) is 2.36. The molecule has 0 bridgehead atoms. The molecule has 0 amide bonds. The van der Waals surface area contributed by atoms with Crippen LogP contribution in [-0.4, -0.2) is 29.6 Å². The molecule has 0 saturated heterocycles. The maximum Gasteiger partial charge on any atom is 0.304 e. The zero-order valence-corrected chi connectivity index (χ0v) is 12.0.